The first-order valence-electron chi connectivity index (χ1n) is 10.7. The zero-order valence-corrected chi connectivity index (χ0v) is 18.7. The third-order valence-corrected chi connectivity index (χ3v) is 5.58. The van der Waals surface area contributed by atoms with Crippen LogP contribution in [0.5, 0.6) is 11.5 Å². The van der Waals surface area contributed by atoms with Crippen molar-refractivity contribution in [1.29, 1.82) is 0 Å². The first kappa shape index (κ1) is 22.1. The monoisotopic (exact) mass is 443 g/mol. The molecule has 1 atom stereocenters. The van der Waals surface area contributed by atoms with Gasteiger partial charge in [0.2, 0.25) is 0 Å². The lowest BCUT2D eigenvalue weighted by Crippen LogP contribution is -2.29. The molecular formula is C27H25NO5. The van der Waals surface area contributed by atoms with Crippen LogP contribution in [0.15, 0.2) is 72.3 Å². The second kappa shape index (κ2) is 8.82. The number of aliphatic hydroxyl groups is 1. The van der Waals surface area contributed by atoms with Gasteiger partial charge in [0.05, 0.1) is 18.2 Å². The minimum atomic E-state index is -0.849. The van der Waals surface area contributed by atoms with E-state index in [9.17, 15) is 19.8 Å². The number of anilines is 1. The van der Waals surface area contributed by atoms with Crippen molar-refractivity contribution in [2.75, 3.05) is 11.5 Å². The summed E-state index contributed by atoms with van der Waals surface area (Å²) >= 11 is 0. The number of benzene rings is 3. The Morgan fingerprint density at radius 1 is 0.939 bits per heavy atom. The summed E-state index contributed by atoms with van der Waals surface area (Å²) in [7, 11) is 0. The zero-order chi connectivity index (χ0) is 23.7. The summed E-state index contributed by atoms with van der Waals surface area (Å²) in [6.07, 6.45) is 0. The number of ketones is 1. The zero-order valence-electron chi connectivity index (χ0n) is 18.7. The molecule has 0 aliphatic carbocycles. The number of hydrogen-bond donors (Lipinski definition) is 2. The third-order valence-electron chi connectivity index (χ3n) is 5.58. The summed E-state index contributed by atoms with van der Waals surface area (Å²) < 4.78 is 5.45. The van der Waals surface area contributed by atoms with E-state index in [-0.39, 0.29) is 17.1 Å². The maximum Gasteiger partial charge on any atom is 0.300 e. The molecule has 0 radical (unpaired) electrons. The van der Waals surface area contributed by atoms with Crippen molar-refractivity contribution in [3.63, 3.8) is 0 Å². The quantitative estimate of drug-likeness (QED) is 0.328. The van der Waals surface area contributed by atoms with E-state index in [1.165, 1.54) is 17.0 Å². The Balaban J connectivity index is 1.90. The number of aromatic hydroxyl groups is 1. The van der Waals surface area contributed by atoms with Crippen molar-refractivity contribution in [3.8, 4) is 11.5 Å². The van der Waals surface area contributed by atoms with Crippen molar-refractivity contribution < 1.29 is 24.5 Å². The van der Waals surface area contributed by atoms with E-state index in [0.29, 0.717) is 29.2 Å². The molecule has 0 saturated carbocycles. The average Bonchev–Trinajstić information content (AvgIpc) is 3.04. The number of aliphatic hydroxyl groups excluding tert-OH is 1. The van der Waals surface area contributed by atoms with Crippen LogP contribution in [0.3, 0.4) is 0 Å². The van der Waals surface area contributed by atoms with Gasteiger partial charge >= 0.3 is 0 Å². The number of rotatable bonds is 5. The Kier molecular flexibility index (Phi) is 5.92. The van der Waals surface area contributed by atoms with Gasteiger partial charge in [0.1, 0.15) is 17.3 Å². The molecule has 3 aromatic carbocycles. The Morgan fingerprint density at radius 2 is 1.55 bits per heavy atom. The fourth-order valence-electron chi connectivity index (χ4n) is 4.19. The molecule has 1 aliphatic rings. The summed E-state index contributed by atoms with van der Waals surface area (Å²) in [6.45, 7) is 6.22. The maximum absolute atomic E-state index is 13.2. The number of phenols is 1. The lowest BCUT2D eigenvalue weighted by Gasteiger charge is -2.26. The molecule has 1 aliphatic heterocycles. The fraction of sp³-hybridized carbons (Fsp3) is 0.185. The van der Waals surface area contributed by atoms with Crippen LogP contribution >= 0.6 is 0 Å². The van der Waals surface area contributed by atoms with Crippen LogP contribution < -0.4 is 9.64 Å². The van der Waals surface area contributed by atoms with Gasteiger partial charge in [0, 0.05) is 11.3 Å². The fourth-order valence-corrected chi connectivity index (χ4v) is 4.19. The lowest BCUT2D eigenvalue weighted by atomic mass is 9.95. The van der Waals surface area contributed by atoms with E-state index in [0.717, 1.165) is 11.1 Å². The van der Waals surface area contributed by atoms with Crippen LogP contribution in [0.1, 0.15) is 35.2 Å². The summed E-state index contributed by atoms with van der Waals surface area (Å²) in [6, 6.07) is 17.8. The molecule has 2 N–H and O–H groups in total. The van der Waals surface area contributed by atoms with Gasteiger partial charge in [-0.15, -0.1) is 0 Å². The van der Waals surface area contributed by atoms with Crippen LogP contribution in [0.25, 0.3) is 5.76 Å². The van der Waals surface area contributed by atoms with Crippen molar-refractivity contribution >= 4 is 23.1 Å². The molecule has 1 amide bonds. The predicted molar refractivity (Wildman–Crippen MR) is 126 cm³/mol. The molecule has 33 heavy (non-hydrogen) atoms. The van der Waals surface area contributed by atoms with Crippen LogP contribution in [0.2, 0.25) is 0 Å². The number of amides is 1. The highest BCUT2D eigenvalue weighted by Crippen LogP contribution is 2.43. The number of Topliss-reactive ketones (excluding diaryl/α,β-unsaturated/α-hetero) is 1. The molecule has 0 spiro atoms. The highest BCUT2D eigenvalue weighted by molar-refractivity contribution is 6.51. The van der Waals surface area contributed by atoms with Crippen molar-refractivity contribution in [2.45, 2.75) is 26.8 Å². The number of phenolic OH excluding ortho intramolecular Hbond substituents is 1. The second-order valence-electron chi connectivity index (χ2n) is 8.06. The van der Waals surface area contributed by atoms with E-state index in [1.807, 2.05) is 39.0 Å². The molecular weight excluding hydrogens is 418 g/mol. The van der Waals surface area contributed by atoms with Crippen LogP contribution in [0, 0.1) is 13.8 Å². The largest absolute Gasteiger partial charge is 0.508 e. The van der Waals surface area contributed by atoms with E-state index in [2.05, 4.69) is 0 Å². The van der Waals surface area contributed by atoms with E-state index in [1.54, 1.807) is 36.4 Å². The van der Waals surface area contributed by atoms with E-state index >= 15 is 0 Å². The maximum atomic E-state index is 13.2. The molecule has 4 rings (SSSR count). The normalized spacial score (nSPS) is 17.4. The first-order valence-corrected chi connectivity index (χ1v) is 10.7. The molecule has 6 heteroatoms. The number of carbonyl (C=O) groups is 2. The molecule has 3 aromatic rings. The van der Waals surface area contributed by atoms with Gasteiger partial charge in [-0.2, -0.15) is 0 Å². The minimum absolute atomic E-state index is 0.00555. The molecule has 1 unspecified atom stereocenters. The van der Waals surface area contributed by atoms with Crippen LogP contribution in [-0.2, 0) is 9.59 Å². The summed E-state index contributed by atoms with van der Waals surface area (Å²) in [5.41, 5.74) is 3.46. The van der Waals surface area contributed by atoms with Crippen molar-refractivity contribution in [2.24, 2.45) is 0 Å². The number of carbonyl (C=O) groups excluding carboxylic acids is 2. The van der Waals surface area contributed by atoms with Crippen molar-refractivity contribution in [3.05, 3.63) is 94.6 Å². The Labute approximate surface area is 192 Å². The molecule has 168 valence electrons. The van der Waals surface area contributed by atoms with Crippen molar-refractivity contribution in [1.82, 2.24) is 0 Å². The average molecular weight is 443 g/mol. The summed E-state index contributed by atoms with van der Waals surface area (Å²) in [5, 5.41) is 20.9. The smallest absolute Gasteiger partial charge is 0.300 e. The topological polar surface area (TPSA) is 87.1 Å². The van der Waals surface area contributed by atoms with Gasteiger partial charge in [-0.3, -0.25) is 14.5 Å². The highest BCUT2D eigenvalue weighted by atomic mass is 16.5. The van der Waals surface area contributed by atoms with Crippen LogP contribution in [0.4, 0.5) is 5.69 Å². The molecule has 1 fully saturated rings. The van der Waals surface area contributed by atoms with Gasteiger partial charge in [-0.1, -0.05) is 18.2 Å². The Hall–Kier alpha value is -4.06. The number of hydrogen-bond acceptors (Lipinski definition) is 5. The first-order chi connectivity index (χ1) is 15.8. The molecule has 0 aromatic heterocycles. The van der Waals surface area contributed by atoms with Gasteiger partial charge in [-0.25, -0.2) is 0 Å². The van der Waals surface area contributed by atoms with E-state index < -0.39 is 17.7 Å². The lowest BCUT2D eigenvalue weighted by molar-refractivity contribution is -0.132. The van der Waals surface area contributed by atoms with E-state index in [4.69, 9.17) is 4.74 Å². The molecule has 6 nitrogen and oxygen atoms in total. The second-order valence-corrected chi connectivity index (χ2v) is 8.06. The number of ether oxygens (including phenoxy) is 1. The Bertz CT molecular complexity index is 1220. The molecule has 0 bridgehead atoms. The standard InChI is InChI=1S/C27H25NO5/c1-4-33-22-11-7-19(8-12-22)25(30)23-24(18-5-9-21(29)10-6-18)28(27(32)26(23)31)20-14-16(2)13-17(3)15-20/h5-15,24,29-30H,4H2,1-3H3/b25-23+. The number of nitrogens with zero attached hydrogens (tertiary/aromatic N) is 1. The molecule has 1 saturated heterocycles. The van der Waals surface area contributed by atoms with Crippen LogP contribution in [-0.4, -0.2) is 28.5 Å². The van der Waals surface area contributed by atoms with Gasteiger partial charge in [0.25, 0.3) is 11.7 Å². The minimum Gasteiger partial charge on any atom is -0.508 e. The summed E-state index contributed by atoms with van der Waals surface area (Å²) in [5.74, 6) is -1.04. The van der Waals surface area contributed by atoms with Gasteiger partial charge in [0.15, 0.2) is 0 Å². The highest BCUT2D eigenvalue weighted by Gasteiger charge is 2.47. The van der Waals surface area contributed by atoms with Gasteiger partial charge in [-0.05, 0) is 86.0 Å². The van der Waals surface area contributed by atoms with Gasteiger partial charge < -0.3 is 14.9 Å². The molecule has 1 heterocycles. The summed E-state index contributed by atoms with van der Waals surface area (Å²) in [4.78, 5) is 27.8. The number of aryl methyl sites for hydroxylation is 2. The Morgan fingerprint density at radius 3 is 2.12 bits per heavy atom. The SMILES string of the molecule is CCOc1ccc(/C(O)=C2\C(=O)C(=O)N(c3cc(C)cc(C)c3)C2c2ccc(O)cc2)cc1. The third kappa shape index (κ3) is 4.20. The predicted octanol–water partition coefficient (Wildman–Crippen LogP) is 5.03.